The van der Waals surface area contributed by atoms with Gasteiger partial charge in [-0.15, -0.1) is 0 Å². The zero-order chi connectivity index (χ0) is 18.2. The van der Waals surface area contributed by atoms with Gasteiger partial charge >= 0.3 is 0 Å². The second kappa shape index (κ2) is 4.95. The van der Waals surface area contributed by atoms with Crippen LogP contribution in [0, 0.1) is 0 Å². The van der Waals surface area contributed by atoms with Crippen molar-refractivity contribution in [2.45, 2.75) is 19.3 Å². The second-order valence-corrected chi connectivity index (χ2v) is 8.06. The first-order valence-electron chi connectivity index (χ1n) is 9.50. The highest BCUT2D eigenvalue weighted by molar-refractivity contribution is 6.26. The van der Waals surface area contributed by atoms with Gasteiger partial charge in [0.05, 0.1) is 5.69 Å². The van der Waals surface area contributed by atoms with Crippen LogP contribution in [0.3, 0.4) is 0 Å². The molecule has 0 N–H and O–H groups in total. The number of benzene rings is 4. The molecule has 0 atom stereocenters. The summed E-state index contributed by atoms with van der Waals surface area (Å²) < 4.78 is 0. The first-order valence-corrected chi connectivity index (χ1v) is 9.50. The largest absolute Gasteiger partial charge is 0.256 e. The lowest BCUT2D eigenvalue weighted by Gasteiger charge is -2.22. The minimum absolute atomic E-state index is 0.0279. The molecule has 128 valence electrons. The molecule has 1 aliphatic rings. The van der Waals surface area contributed by atoms with Gasteiger partial charge in [-0.1, -0.05) is 68.4 Å². The van der Waals surface area contributed by atoms with Crippen molar-refractivity contribution in [2.24, 2.45) is 0 Å². The Hall–Kier alpha value is -3.19. The van der Waals surface area contributed by atoms with Crippen LogP contribution in [0.2, 0.25) is 0 Å². The molecule has 0 amide bonds. The monoisotopic (exact) mass is 345 g/mol. The van der Waals surface area contributed by atoms with Crippen LogP contribution in [0.5, 0.6) is 0 Å². The zero-order valence-corrected chi connectivity index (χ0v) is 15.5. The summed E-state index contributed by atoms with van der Waals surface area (Å²) in [6, 6.07) is 26.6. The SMILES string of the molecule is CC1(C)c2cc3c4ccccc4c4ccccc4c3cc2-c2ncccc21. The lowest BCUT2D eigenvalue weighted by Crippen LogP contribution is -2.14. The molecule has 0 bridgehead atoms. The van der Waals surface area contributed by atoms with E-state index in [-0.39, 0.29) is 5.41 Å². The molecule has 0 unspecified atom stereocenters. The highest BCUT2D eigenvalue weighted by atomic mass is 14.7. The molecule has 6 rings (SSSR count). The summed E-state index contributed by atoms with van der Waals surface area (Å²) in [4.78, 5) is 4.75. The van der Waals surface area contributed by atoms with Crippen molar-refractivity contribution >= 4 is 32.3 Å². The van der Waals surface area contributed by atoms with Crippen molar-refractivity contribution in [3.63, 3.8) is 0 Å². The maximum Gasteiger partial charge on any atom is 0.0746 e. The van der Waals surface area contributed by atoms with Gasteiger partial charge in [0, 0.05) is 17.2 Å². The highest BCUT2D eigenvalue weighted by Crippen LogP contribution is 2.50. The molecule has 0 saturated carbocycles. The van der Waals surface area contributed by atoms with E-state index in [1.54, 1.807) is 0 Å². The van der Waals surface area contributed by atoms with Gasteiger partial charge in [-0.05, 0) is 61.6 Å². The van der Waals surface area contributed by atoms with Crippen molar-refractivity contribution in [1.29, 1.82) is 0 Å². The first kappa shape index (κ1) is 14.9. The second-order valence-electron chi connectivity index (χ2n) is 8.06. The Bertz CT molecular complexity index is 1390. The Morgan fingerprint density at radius 2 is 1.15 bits per heavy atom. The third-order valence-corrected chi connectivity index (χ3v) is 6.29. The van der Waals surface area contributed by atoms with E-state index >= 15 is 0 Å². The quantitative estimate of drug-likeness (QED) is 0.280. The maximum atomic E-state index is 4.75. The van der Waals surface area contributed by atoms with Crippen LogP contribution in [0.25, 0.3) is 43.6 Å². The third-order valence-electron chi connectivity index (χ3n) is 6.29. The summed E-state index contributed by atoms with van der Waals surface area (Å²) in [5.74, 6) is 0. The normalized spacial score (nSPS) is 14.6. The van der Waals surface area contributed by atoms with Crippen molar-refractivity contribution in [1.82, 2.24) is 4.98 Å². The fourth-order valence-electron chi connectivity index (χ4n) is 4.93. The van der Waals surface area contributed by atoms with Gasteiger partial charge in [0.25, 0.3) is 0 Å². The topological polar surface area (TPSA) is 12.9 Å². The average molecular weight is 345 g/mol. The predicted molar refractivity (Wildman–Crippen MR) is 114 cm³/mol. The fraction of sp³-hybridized carbons (Fsp3) is 0.115. The fourth-order valence-corrected chi connectivity index (χ4v) is 4.93. The lowest BCUT2D eigenvalue weighted by molar-refractivity contribution is 0.660. The van der Waals surface area contributed by atoms with Crippen LogP contribution in [0.15, 0.2) is 79.0 Å². The maximum absolute atomic E-state index is 4.75. The summed E-state index contributed by atoms with van der Waals surface area (Å²) in [5, 5.41) is 7.94. The lowest BCUT2D eigenvalue weighted by atomic mass is 9.81. The molecule has 1 nitrogen and oxygen atoms in total. The van der Waals surface area contributed by atoms with Gasteiger partial charge in [-0.2, -0.15) is 0 Å². The molecule has 0 fully saturated rings. The molecule has 0 saturated heterocycles. The van der Waals surface area contributed by atoms with E-state index in [2.05, 4.69) is 86.6 Å². The summed E-state index contributed by atoms with van der Waals surface area (Å²) in [6.45, 7) is 4.63. The number of rotatable bonds is 0. The molecule has 27 heavy (non-hydrogen) atoms. The van der Waals surface area contributed by atoms with Gasteiger partial charge in [0.1, 0.15) is 0 Å². The van der Waals surface area contributed by atoms with Crippen LogP contribution in [0.4, 0.5) is 0 Å². The smallest absolute Gasteiger partial charge is 0.0746 e. The highest BCUT2D eigenvalue weighted by Gasteiger charge is 2.36. The number of hydrogen-bond acceptors (Lipinski definition) is 1. The predicted octanol–water partition coefficient (Wildman–Crippen LogP) is 6.85. The van der Waals surface area contributed by atoms with Crippen molar-refractivity contribution in [3.8, 4) is 11.3 Å². The van der Waals surface area contributed by atoms with E-state index in [1.165, 1.54) is 49.0 Å². The molecule has 1 aliphatic carbocycles. The molecule has 1 aromatic heterocycles. The van der Waals surface area contributed by atoms with Crippen LogP contribution < -0.4 is 0 Å². The number of fused-ring (bicyclic) bond motifs is 9. The molecule has 1 heterocycles. The molecule has 5 aromatic rings. The molecule has 4 aromatic carbocycles. The molecular weight excluding hydrogens is 326 g/mol. The van der Waals surface area contributed by atoms with E-state index in [9.17, 15) is 0 Å². The Labute approximate surface area is 158 Å². The number of aromatic nitrogens is 1. The van der Waals surface area contributed by atoms with Crippen molar-refractivity contribution in [2.75, 3.05) is 0 Å². The molecule has 0 aliphatic heterocycles. The standard InChI is InChI=1S/C26H19N/c1-26(2)23-12-7-13-27-25(23)22-14-20-18-10-5-3-8-16(18)17-9-4-6-11-19(17)21(20)15-24(22)26/h3-15H,1-2H3. The first-order chi connectivity index (χ1) is 13.2. The van der Waals surface area contributed by atoms with Crippen LogP contribution in [-0.2, 0) is 5.41 Å². The molecular formula is C26H19N. The van der Waals surface area contributed by atoms with E-state index in [0.29, 0.717) is 0 Å². The van der Waals surface area contributed by atoms with E-state index in [4.69, 9.17) is 4.98 Å². The van der Waals surface area contributed by atoms with Crippen LogP contribution >= 0.6 is 0 Å². The van der Waals surface area contributed by atoms with Crippen LogP contribution in [0.1, 0.15) is 25.0 Å². The minimum Gasteiger partial charge on any atom is -0.256 e. The van der Waals surface area contributed by atoms with Crippen molar-refractivity contribution in [3.05, 3.63) is 90.1 Å². The summed E-state index contributed by atoms with van der Waals surface area (Å²) in [7, 11) is 0. The Morgan fingerprint density at radius 1 is 0.593 bits per heavy atom. The number of nitrogens with zero attached hydrogens (tertiary/aromatic N) is 1. The minimum atomic E-state index is -0.0279. The molecule has 0 spiro atoms. The zero-order valence-electron chi connectivity index (χ0n) is 15.5. The molecule has 1 heteroatoms. The van der Waals surface area contributed by atoms with Gasteiger partial charge in [-0.3, -0.25) is 4.98 Å². The number of hydrogen-bond donors (Lipinski definition) is 0. The van der Waals surface area contributed by atoms with Gasteiger partial charge in [0.15, 0.2) is 0 Å². The number of pyridine rings is 1. The Kier molecular flexibility index (Phi) is 2.74. The van der Waals surface area contributed by atoms with E-state index < -0.39 is 0 Å². The summed E-state index contributed by atoms with van der Waals surface area (Å²) in [5.41, 5.74) is 5.09. The van der Waals surface area contributed by atoms with Gasteiger partial charge < -0.3 is 0 Å². The molecule has 0 radical (unpaired) electrons. The third kappa shape index (κ3) is 1.81. The Balaban J connectivity index is 1.88. The van der Waals surface area contributed by atoms with Crippen LogP contribution in [-0.4, -0.2) is 4.98 Å². The Morgan fingerprint density at radius 3 is 1.78 bits per heavy atom. The average Bonchev–Trinajstić information content (AvgIpc) is 2.94. The summed E-state index contributed by atoms with van der Waals surface area (Å²) in [6.07, 6.45) is 1.91. The van der Waals surface area contributed by atoms with Gasteiger partial charge in [-0.25, -0.2) is 0 Å². The van der Waals surface area contributed by atoms with E-state index in [1.807, 2.05) is 6.20 Å². The van der Waals surface area contributed by atoms with E-state index in [0.717, 1.165) is 5.69 Å². The van der Waals surface area contributed by atoms with Gasteiger partial charge in [0.2, 0.25) is 0 Å². The summed E-state index contributed by atoms with van der Waals surface area (Å²) >= 11 is 0. The van der Waals surface area contributed by atoms with Crippen molar-refractivity contribution < 1.29 is 0 Å².